The zero-order valence-electron chi connectivity index (χ0n) is 18.3. The van der Waals surface area contributed by atoms with Crippen LogP contribution in [0.1, 0.15) is 56.0 Å². The van der Waals surface area contributed by atoms with E-state index in [9.17, 15) is 14.4 Å². The summed E-state index contributed by atoms with van der Waals surface area (Å²) in [5, 5.41) is 8.92. The summed E-state index contributed by atoms with van der Waals surface area (Å²) in [6.07, 6.45) is 2.30. The van der Waals surface area contributed by atoms with Crippen molar-refractivity contribution < 1.29 is 23.9 Å². The molecule has 3 N–H and O–H groups in total. The second-order valence-corrected chi connectivity index (χ2v) is 8.41. The molecule has 2 amide bonds. The van der Waals surface area contributed by atoms with Crippen molar-refractivity contribution in [3.05, 3.63) is 29.3 Å². The van der Waals surface area contributed by atoms with E-state index in [0.717, 1.165) is 31.5 Å². The number of aryl methyl sites for hydroxylation is 1. The second-order valence-electron chi connectivity index (χ2n) is 8.41. The Balaban J connectivity index is 1.98. The van der Waals surface area contributed by atoms with Gasteiger partial charge in [-0.1, -0.05) is 0 Å². The monoisotopic (exact) mass is 419 g/mol. The van der Waals surface area contributed by atoms with E-state index in [-0.39, 0.29) is 11.8 Å². The van der Waals surface area contributed by atoms with Crippen molar-refractivity contribution in [3.63, 3.8) is 0 Å². The van der Waals surface area contributed by atoms with Gasteiger partial charge in [-0.25, -0.2) is 9.59 Å². The van der Waals surface area contributed by atoms with Crippen molar-refractivity contribution in [3.8, 4) is 0 Å². The van der Waals surface area contributed by atoms with Gasteiger partial charge in [-0.2, -0.15) is 0 Å². The molecule has 1 saturated heterocycles. The van der Waals surface area contributed by atoms with E-state index in [4.69, 9.17) is 9.47 Å². The number of piperidine rings is 1. The smallest absolute Gasteiger partial charge is 0.407 e. The summed E-state index contributed by atoms with van der Waals surface area (Å²) in [6, 6.07) is 5.19. The topological polar surface area (TPSA) is 106 Å². The third-order valence-electron chi connectivity index (χ3n) is 4.78. The molecule has 0 aliphatic carbocycles. The lowest BCUT2D eigenvalue weighted by molar-refractivity contribution is -0.120. The number of nitrogens with one attached hydrogen (secondary N) is 3. The van der Waals surface area contributed by atoms with Crippen LogP contribution in [0.4, 0.5) is 10.5 Å². The Morgan fingerprint density at radius 1 is 1.17 bits per heavy atom. The third-order valence-corrected chi connectivity index (χ3v) is 4.78. The first-order valence-electron chi connectivity index (χ1n) is 10.4. The lowest BCUT2D eigenvalue weighted by Gasteiger charge is -2.22. The minimum absolute atomic E-state index is 0.000129. The van der Waals surface area contributed by atoms with Gasteiger partial charge in [-0.3, -0.25) is 4.79 Å². The van der Waals surface area contributed by atoms with E-state index >= 15 is 0 Å². The van der Waals surface area contributed by atoms with E-state index in [2.05, 4.69) is 16.0 Å². The highest BCUT2D eigenvalue weighted by Crippen LogP contribution is 2.21. The molecule has 1 aromatic carbocycles. The first-order chi connectivity index (χ1) is 14.2. The van der Waals surface area contributed by atoms with Crippen molar-refractivity contribution in [1.82, 2.24) is 10.6 Å². The molecule has 166 valence electrons. The summed E-state index contributed by atoms with van der Waals surface area (Å²) in [6.45, 7) is 7.50. The van der Waals surface area contributed by atoms with Crippen molar-refractivity contribution in [1.29, 1.82) is 0 Å². The van der Waals surface area contributed by atoms with Crippen LogP contribution in [0.25, 0.3) is 0 Å². The van der Waals surface area contributed by atoms with Crippen LogP contribution in [-0.2, 0) is 20.7 Å². The molecule has 0 unspecified atom stereocenters. The quantitative estimate of drug-likeness (QED) is 0.464. The van der Waals surface area contributed by atoms with E-state index in [1.54, 1.807) is 39.0 Å². The number of carbonyl (C=O) groups is 3. The largest absolute Gasteiger partial charge is 0.465 e. The second kappa shape index (κ2) is 11.0. The van der Waals surface area contributed by atoms with Crippen LogP contribution in [0.3, 0.4) is 0 Å². The van der Waals surface area contributed by atoms with Crippen LogP contribution in [0.15, 0.2) is 18.2 Å². The average molecular weight is 420 g/mol. The summed E-state index contributed by atoms with van der Waals surface area (Å²) in [5.41, 5.74) is 1.31. The summed E-state index contributed by atoms with van der Waals surface area (Å²) >= 11 is 0. The van der Waals surface area contributed by atoms with Gasteiger partial charge in [0.15, 0.2) is 0 Å². The maximum atomic E-state index is 12.5. The van der Waals surface area contributed by atoms with Gasteiger partial charge >= 0.3 is 12.1 Å². The number of benzene rings is 1. The maximum Gasteiger partial charge on any atom is 0.407 e. The van der Waals surface area contributed by atoms with Gasteiger partial charge in [0.2, 0.25) is 5.91 Å². The van der Waals surface area contributed by atoms with Crippen LogP contribution < -0.4 is 16.0 Å². The minimum atomic E-state index is -0.553. The Kier molecular flexibility index (Phi) is 8.65. The highest BCUT2D eigenvalue weighted by Gasteiger charge is 2.21. The maximum absolute atomic E-state index is 12.5. The van der Waals surface area contributed by atoms with Crippen LogP contribution in [0.5, 0.6) is 0 Å². The summed E-state index contributed by atoms with van der Waals surface area (Å²) in [5.74, 6) is -0.436. The molecule has 0 aromatic heterocycles. The fraction of sp³-hybridized carbons (Fsp3) is 0.591. The van der Waals surface area contributed by atoms with Gasteiger partial charge in [0.25, 0.3) is 0 Å². The average Bonchev–Trinajstić information content (AvgIpc) is 2.70. The number of carbonyl (C=O) groups excluding carboxylic acids is 3. The van der Waals surface area contributed by atoms with Crippen molar-refractivity contribution in [2.24, 2.45) is 5.92 Å². The fourth-order valence-corrected chi connectivity index (χ4v) is 3.30. The summed E-state index contributed by atoms with van der Waals surface area (Å²) < 4.78 is 10.1. The number of rotatable bonds is 7. The zero-order chi connectivity index (χ0) is 22.1. The van der Waals surface area contributed by atoms with E-state index in [1.165, 1.54) is 7.11 Å². The number of anilines is 1. The van der Waals surface area contributed by atoms with Crippen LogP contribution in [-0.4, -0.2) is 50.3 Å². The Morgan fingerprint density at radius 3 is 2.50 bits per heavy atom. The molecular weight excluding hydrogens is 386 g/mol. The number of hydrogen-bond acceptors (Lipinski definition) is 6. The molecule has 1 aliphatic heterocycles. The molecule has 2 rings (SSSR count). The first-order valence-corrected chi connectivity index (χ1v) is 10.4. The molecule has 1 heterocycles. The van der Waals surface area contributed by atoms with Gasteiger partial charge in [-0.05, 0) is 83.3 Å². The lowest BCUT2D eigenvalue weighted by Crippen LogP contribution is -2.34. The number of ether oxygens (including phenoxy) is 2. The number of alkyl carbamates (subject to hydrolysis) is 1. The van der Waals surface area contributed by atoms with E-state index in [0.29, 0.717) is 30.6 Å². The van der Waals surface area contributed by atoms with Crippen LogP contribution in [0, 0.1) is 5.92 Å². The number of methoxy groups -OCH3 is 1. The molecule has 0 atom stereocenters. The first kappa shape index (κ1) is 23.7. The Bertz CT molecular complexity index is 752. The molecule has 8 nitrogen and oxygen atoms in total. The Hall–Kier alpha value is -2.61. The predicted octanol–water partition coefficient (Wildman–Crippen LogP) is 2.87. The molecule has 1 aliphatic rings. The van der Waals surface area contributed by atoms with Crippen molar-refractivity contribution in [2.45, 2.75) is 52.1 Å². The highest BCUT2D eigenvalue weighted by molar-refractivity contribution is 5.95. The predicted molar refractivity (Wildman–Crippen MR) is 115 cm³/mol. The standard InChI is InChI=1S/C22H33N3O5/c1-22(2,3)30-21(28)24-11-5-6-16-14-17(7-8-18(16)20(27)29-4)25-19(26)15-9-12-23-13-10-15/h7-8,14-15,23H,5-6,9-13H2,1-4H3,(H,24,28)(H,25,26). The van der Waals surface area contributed by atoms with E-state index < -0.39 is 17.7 Å². The number of hydrogen-bond donors (Lipinski definition) is 3. The normalized spacial score (nSPS) is 14.7. The van der Waals surface area contributed by atoms with Gasteiger partial charge in [-0.15, -0.1) is 0 Å². The molecule has 30 heavy (non-hydrogen) atoms. The van der Waals surface area contributed by atoms with Crippen molar-refractivity contribution in [2.75, 3.05) is 32.1 Å². The zero-order valence-corrected chi connectivity index (χ0v) is 18.3. The summed E-state index contributed by atoms with van der Waals surface area (Å²) in [4.78, 5) is 36.4. The van der Waals surface area contributed by atoms with Gasteiger partial charge < -0.3 is 25.4 Å². The lowest BCUT2D eigenvalue weighted by atomic mass is 9.96. The molecule has 0 radical (unpaired) electrons. The minimum Gasteiger partial charge on any atom is -0.465 e. The third kappa shape index (κ3) is 7.67. The summed E-state index contributed by atoms with van der Waals surface area (Å²) in [7, 11) is 1.34. The molecule has 8 heteroatoms. The molecule has 0 saturated carbocycles. The molecule has 0 spiro atoms. The highest BCUT2D eigenvalue weighted by atomic mass is 16.6. The van der Waals surface area contributed by atoms with Crippen LogP contribution >= 0.6 is 0 Å². The van der Waals surface area contributed by atoms with Crippen molar-refractivity contribution >= 4 is 23.7 Å². The molecule has 1 aromatic rings. The fourth-order valence-electron chi connectivity index (χ4n) is 3.30. The van der Waals surface area contributed by atoms with Gasteiger partial charge in [0.1, 0.15) is 5.60 Å². The van der Waals surface area contributed by atoms with Crippen LogP contribution in [0.2, 0.25) is 0 Å². The number of esters is 1. The number of amides is 2. The molecular formula is C22H33N3O5. The molecule has 1 fully saturated rings. The van der Waals surface area contributed by atoms with Gasteiger partial charge in [0, 0.05) is 18.2 Å². The van der Waals surface area contributed by atoms with E-state index in [1.807, 2.05) is 0 Å². The SMILES string of the molecule is COC(=O)c1ccc(NC(=O)C2CCNCC2)cc1CCCNC(=O)OC(C)(C)C. The van der Waals surface area contributed by atoms with Gasteiger partial charge in [0.05, 0.1) is 12.7 Å². The Morgan fingerprint density at radius 2 is 1.87 bits per heavy atom. The Labute approximate surface area is 178 Å². The molecule has 0 bridgehead atoms.